The lowest BCUT2D eigenvalue weighted by atomic mass is 10.2. The van der Waals surface area contributed by atoms with E-state index in [9.17, 15) is 9.59 Å². The summed E-state index contributed by atoms with van der Waals surface area (Å²) >= 11 is 0. The Kier molecular flexibility index (Phi) is 4.66. The number of hydrogen-bond donors (Lipinski definition) is 0. The Hall–Kier alpha value is -1.88. The summed E-state index contributed by atoms with van der Waals surface area (Å²) in [4.78, 5) is 28.8. The molecule has 1 saturated heterocycles. The van der Waals surface area contributed by atoms with Crippen molar-refractivity contribution >= 4 is 17.5 Å². The van der Waals surface area contributed by atoms with Crippen molar-refractivity contribution in [3.63, 3.8) is 0 Å². The van der Waals surface area contributed by atoms with E-state index in [0.717, 1.165) is 19.5 Å². The van der Waals surface area contributed by atoms with Gasteiger partial charge in [0.15, 0.2) is 0 Å². The van der Waals surface area contributed by atoms with Crippen LogP contribution in [0.2, 0.25) is 0 Å². The van der Waals surface area contributed by atoms with E-state index in [-0.39, 0.29) is 24.3 Å². The zero-order chi connectivity index (χ0) is 16.4. The summed E-state index contributed by atoms with van der Waals surface area (Å²) in [6, 6.07) is 6.78. The smallest absolute Gasteiger partial charge is 0.251 e. The van der Waals surface area contributed by atoms with Crippen LogP contribution >= 0.6 is 0 Å². The number of methoxy groups -OCH3 is 1. The van der Waals surface area contributed by atoms with E-state index in [4.69, 9.17) is 4.74 Å². The third-order valence-corrected chi connectivity index (χ3v) is 4.59. The number of benzene rings is 1. The molecule has 0 N–H and O–H groups in total. The van der Waals surface area contributed by atoms with Gasteiger partial charge in [0, 0.05) is 6.54 Å². The number of imide groups is 1. The van der Waals surface area contributed by atoms with Gasteiger partial charge in [0.2, 0.25) is 5.91 Å². The van der Waals surface area contributed by atoms with E-state index >= 15 is 0 Å². The van der Waals surface area contributed by atoms with Gasteiger partial charge in [-0.05, 0) is 56.0 Å². The molecule has 5 nitrogen and oxygen atoms in total. The molecule has 23 heavy (non-hydrogen) atoms. The summed E-state index contributed by atoms with van der Waals surface area (Å²) in [6.45, 7) is 3.92. The third kappa shape index (κ3) is 3.39. The minimum Gasteiger partial charge on any atom is -0.497 e. The minimum atomic E-state index is -0.301. The number of carbonyl (C=O) groups is 2. The van der Waals surface area contributed by atoms with E-state index in [1.807, 2.05) is 0 Å². The van der Waals surface area contributed by atoms with Crippen LogP contribution in [0.15, 0.2) is 24.3 Å². The lowest BCUT2D eigenvalue weighted by Gasteiger charge is -2.26. The highest BCUT2D eigenvalue weighted by atomic mass is 16.5. The molecule has 0 bridgehead atoms. The fourth-order valence-electron chi connectivity index (χ4n) is 3.20. The molecule has 1 aliphatic heterocycles. The zero-order valence-electron chi connectivity index (χ0n) is 13.8. The number of anilines is 1. The van der Waals surface area contributed by atoms with Gasteiger partial charge in [-0.25, -0.2) is 4.90 Å². The number of amides is 2. The molecular weight excluding hydrogens is 292 g/mol. The number of carbonyl (C=O) groups excluding carboxylic acids is 2. The molecule has 124 valence electrons. The average molecular weight is 316 g/mol. The van der Waals surface area contributed by atoms with E-state index in [1.165, 1.54) is 17.7 Å². The van der Waals surface area contributed by atoms with Crippen LogP contribution in [0.25, 0.3) is 0 Å². The van der Waals surface area contributed by atoms with Crippen LogP contribution in [-0.4, -0.2) is 43.0 Å². The number of ether oxygens (including phenoxy) is 1. The molecule has 2 amide bonds. The number of nitrogens with zero attached hydrogens (tertiary/aromatic N) is 2. The van der Waals surface area contributed by atoms with Crippen LogP contribution < -0.4 is 9.64 Å². The third-order valence-electron chi connectivity index (χ3n) is 4.59. The van der Waals surface area contributed by atoms with Gasteiger partial charge in [0.05, 0.1) is 25.3 Å². The van der Waals surface area contributed by atoms with Crippen LogP contribution in [0.3, 0.4) is 0 Å². The van der Waals surface area contributed by atoms with Gasteiger partial charge >= 0.3 is 0 Å². The monoisotopic (exact) mass is 316 g/mol. The molecule has 1 aromatic rings. The highest BCUT2D eigenvalue weighted by molar-refractivity contribution is 6.22. The Morgan fingerprint density at radius 1 is 1.22 bits per heavy atom. The predicted octanol–water partition coefficient (Wildman–Crippen LogP) is 2.45. The van der Waals surface area contributed by atoms with Crippen molar-refractivity contribution in [1.29, 1.82) is 0 Å². The largest absolute Gasteiger partial charge is 0.497 e. The predicted molar refractivity (Wildman–Crippen MR) is 88.5 cm³/mol. The van der Waals surface area contributed by atoms with Crippen molar-refractivity contribution in [2.24, 2.45) is 5.92 Å². The molecule has 1 heterocycles. The fraction of sp³-hybridized carbons (Fsp3) is 0.556. The topological polar surface area (TPSA) is 49.9 Å². The van der Waals surface area contributed by atoms with Gasteiger partial charge in [-0.1, -0.05) is 6.92 Å². The molecule has 0 spiro atoms. The molecule has 1 aromatic carbocycles. The maximum atomic E-state index is 12.8. The molecule has 1 atom stereocenters. The molecule has 1 saturated carbocycles. The van der Waals surface area contributed by atoms with Gasteiger partial charge in [-0.3, -0.25) is 14.5 Å². The van der Waals surface area contributed by atoms with Crippen molar-refractivity contribution in [3.8, 4) is 5.75 Å². The Labute approximate surface area is 137 Å². The second-order valence-corrected chi connectivity index (χ2v) is 6.42. The molecule has 2 aliphatic rings. The summed E-state index contributed by atoms with van der Waals surface area (Å²) in [6.07, 6.45) is 3.78. The van der Waals surface area contributed by atoms with Crippen molar-refractivity contribution in [1.82, 2.24) is 4.90 Å². The quantitative estimate of drug-likeness (QED) is 0.725. The van der Waals surface area contributed by atoms with E-state index < -0.39 is 0 Å². The molecule has 2 fully saturated rings. The first-order valence-corrected chi connectivity index (χ1v) is 8.39. The summed E-state index contributed by atoms with van der Waals surface area (Å²) < 4.78 is 5.13. The Balaban J connectivity index is 1.77. The normalized spacial score (nSPS) is 21.3. The van der Waals surface area contributed by atoms with Crippen LogP contribution in [0.4, 0.5) is 5.69 Å². The second-order valence-electron chi connectivity index (χ2n) is 6.42. The molecule has 0 radical (unpaired) electrons. The number of rotatable bonds is 7. The first-order valence-electron chi connectivity index (χ1n) is 8.39. The molecule has 3 rings (SSSR count). The van der Waals surface area contributed by atoms with Gasteiger partial charge in [-0.15, -0.1) is 0 Å². The first-order chi connectivity index (χ1) is 11.1. The maximum absolute atomic E-state index is 12.8. The van der Waals surface area contributed by atoms with Crippen molar-refractivity contribution in [2.45, 2.75) is 38.6 Å². The lowest BCUT2D eigenvalue weighted by molar-refractivity contribution is -0.123. The maximum Gasteiger partial charge on any atom is 0.251 e. The van der Waals surface area contributed by atoms with Gasteiger partial charge in [0.1, 0.15) is 5.75 Å². The standard InChI is InChI=1S/C18H24N2O3/c1-3-10-19(12-13-4-5-13)16-11-17(21)20(18(16)22)14-6-8-15(23-2)9-7-14/h6-9,13,16H,3-5,10-12H2,1-2H3/t16-/m1/s1. The van der Waals surface area contributed by atoms with Crippen LogP contribution in [-0.2, 0) is 9.59 Å². The van der Waals surface area contributed by atoms with Crippen molar-refractivity contribution < 1.29 is 14.3 Å². The van der Waals surface area contributed by atoms with Gasteiger partial charge in [-0.2, -0.15) is 0 Å². The average Bonchev–Trinajstić information content (AvgIpc) is 3.32. The van der Waals surface area contributed by atoms with Gasteiger partial charge < -0.3 is 4.74 Å². The molecule has 5 heteroatoms. The summed E-state index contributed by atoms with van der Waals surface area (Å²) in [5.74, 6) is 1.22. The zero-order valence-corrected chi connectivity index (χ0v) is 13.8. The SMILES string of the molecule is CCCN(CC1CC1)[C@@H]1CC(=O)N(c2ccc(OC)cc2)C1=O. The van der Waals surface area contributed by atoms with Gasteiger partial charge in [0.25, 0.3) is 5.91 Å². The van der Waals surface area contributed by atoms with E-state index in [1.54, 1.807) is 31.4 Å². The Bertz CT molecular complexity index is 580. The fourth-order valence-corrected chi connectivity index (χ4v) is 3.20. The lowest BCUT2D eigenvalue weighted by Crippen LogP contribution is -2.43. The molecule has 0 unspecified atom stereocenters. The van der Waals surface area contributed by atoms with E-state index in [2.05, 4.69) is 11.8 Å². The Morgan fingerprint density at radius 2 is 1.91 bits per heavy atom. The van der Waals surface area contributed by atoms with Crippen LogP contribution in [0.5, 0.6) is 5.75 Å². The summed E-state index contributed by atoms with van der Waals surface area (Å²) in [7, 11) is 1.59. The molecule has 1 aliphatic carbocycles. The Morgan fingerprint density at radius 3 is 2.48 bits per heavy atom. The van der Waals surface area contributed by atoms with Crippen molar-refractivity contribution in [3.05, 3.63) is 24.3 Å². The number of hydrogen-bond acceptors (Lipinski definition) is 4. The molecule has 0 aromatic heterocycles. The van der Waals surface area contributed by atoms with Crippen molar-refractivity contribution in [2.75, 3.05) is 25.1 Å². The first kappa shape index (κ1) is 16.0. The minimum absolute atomic E-state index is 0.0886. The van der Waals surface area contributed by atoms with Crippen LogP contribution in [0, 0.1) is 5.92 Å². The molecular formula is C18H24N2O3. The highest BCUT2D eigenvalue weighted by Gasteiger charge is 2.43. The highest BCUT2D eigenvalue weighted by Crippen LogP contribution is 2.33. The summed E-state index contributed by atoms with van der Waals surface area (Å²) in [5.41, 5.74) is 0.631. The second kappa shape index (κ2) is 6.71. The van der Waals surface area contributed by atoms with Crippen LogP contribution in [0.1, 0.15) is 32.6 Å². The summed E-state index contributed by atoms with van der Waals surface area (Å²) in [5, 5.41) is 0. The van der Waals surface area contributed by atoms with E-state index in [0.29, 0.717) is 17.4 Å².